The van der Waals surface area contributed by atoms with Gasteiger partial charge in [-0.05, 0) is 51.5 Å². The van der Waals surface area contributed by atoms with Crippen molar-refractivity contribution in [2.45, 2.75) is 58.8 Å². The molecule has 3 aromatic rings. The lowest BCUT2D eigenvalue weighted by Gasteiger charge is -2.21. The predicted octanol–water partition coefficient (Wildman–Crippen LogP) is 5.34. The first-order valence-electron chi connectivity index (χ1n) is 10.2. The molecule has 10 heteroatoms. The van der Waals surface area contributed by atoms with Crippen LogP contribution < -0.4 is 15.1 Å². The van der Waals surface area contributed by atoms with Crippen LogP contribution in [0.5, 0.6) is 5.75 Å². The second kappa shape index (κ2) is 9.41. The van der Waals surface area contributed by atoms with Gasteiger partial charge in [-0.3, -0.25) is 9.78 Å². The maximum atomic E-state index is 13.3. The predicted molar refractivity (Wildman–Crippen MR) is 117 cm³/mol. The average Bonchev–Trinajstić information content (AvgIpc) is 3.06. The third kappa shape index (κ3) is 5.74. The highest BCUT2D eigenvalue weighted by Crippen LogP contribution is 2.33. The van der Waals surface area contributed by atoms with E-state index in [1.54, 1.807) is 12.4 Å². The van der Waals surface area contributed by atoms with Crippen molar-refractivity contribution in [2.75, 3.05) is 0 Å². The van der Waals surface area contributed by atoms with Crippen LogP contribution >= 0.6 is 11.3 Å². The maximum absolute atomic E-state index is 13.3. The van der Waals surface area contributed by atoms with E-state index in [1.807, 2.05) is 38.3 Å². The zero-order valence-corrected chi connectivity index (χ0v) is 19.1. The Morgan fingerprint density at radius 2 is 2.00 bits per heavy atom. The van der Waals surface area contributed by atoms with Crippen LogP contribution in [-0.2, 0) is 12.7 Å². The quantitative estimate of drug-likeness (QED) is 0.498. The maximum Gasteiger partial charge on any atom is 0.416 e. The molecule has 0 aliphatic rings. The lowest BCUT2D eigenvalue weighted by molar-refractivity contribution is -0.137. The molecule has 0 spiro atoms. The first kappa shape index (κ1) is 23.9. The summed E-state index contributed by atoms with van der Waals surface area (Å²) >= 11 is 1.29. The minimum Gasteiger partial charge on any atom is -0.407 e. The third-order valence-corrected chi connectivity index (χ3v) is 5.48. The molecule has 32 heavy (non-hydrogen) atoms. The molecule has 0 saturated heterocycles. The number of rotatable bonds is 6. The number of hydrogen-bond donors (Lipinski definition) is 1. The minimum absolute atomic E-state index is 0.0236. The van der Waals surface area contributed by atoms with Crippen LogP contribution in [0.15, 0.2) is 41.7 Å². The van der Waals surface area contributed by atoms with Gasteiger partial charge in [-0.25, -0.2) is 0 Å². The molecule has 1 amide bonds. The summed E-state index contributed by atoms with van der Waals surface area (Å²) in [5.41, 5.74) is 1.86. The molecule has 0 aliphatic heterocycles. The normalized spacial score (nSPS) is 13.0. The fourth-order valence-corrected chi connectivity index (χ4v) is 3.87. The Hall–Kier alpha value is -2.72. The van der Waals surface area contributed by atoms with Crippen molar-refractivity contribution in [2.24, 2.45) is 4.99 Å². The number of amides is 1. The summed E-state index contributed by atoms with van der Waals surface area (Å²) in [6, 6.07) is 4.60. The number of hydroxylamine groups is 1. The standard InChI is InChI=1S/C22H25F3N4O2S/c1-5-6-11-29-16-13-26-10-9-18(16)32-20(29)27-19(30)15-12-14(22(23,24)25)7-8-17(15)31-28-21(2,3)4/h7-10,12-13,28H,5-6,11H2,1-4H3/b27-20-. The molecule has 1 N–H and O–H groups in total. The van der Waals surface area contributed by atoms with Gasteiger partial charge in [0.15, 0.2) is 10.6 Å². The zero-order valence-electron chi connectivity index (χ0n) is 18.3. The van der Waals surface area contributed by atoms with Crippen LogP contribution in [0.2, 0.25) is 0 Å². The number of hydrogen-bond acceptors (Lipinski definition) is 5. The molecule has 0 atom stereocenters. The number of halogens is 3. The van der Waals surface area contributed by atoms with Gasteiger partial charge in [0.05, 0.1) is 27.5 Å². The van der Waals surface area contributed by atoms with E-state index >= 15 is 0 Å². The number of carbonyl (C=O) groups is 1. The van der Waals surface area contributed by atoms with Crippen molar-refractivity contribution in [1.82, 2.24) is 15.0 Å². The Morgan fingerprint density at radius 3 is 2.66 bits per heavy atom. The highest BCUT2D eigenvalue weighted by Gasteiger charge is 2.32. The molecule has 0 aliphatic carbocycles. The van der Waals surface area contributed by atoms with Gasteiger partial charge in [0.2, 0.25) is 0 Å². The summed E-state index contributed by atoms with van der Waals surface area (Å²) in [4.78, 5) is 27.3. The third-order valence-electron chi connectivity index (χ3n) is 4.42. The van der Waals surface area contributed by atoms with Crippen molar-refractivity contribution >= 4 is 27.5 Å². The van der Waals surface area contributed by atoms with Crippen molar-refractivity contribution in [3.63, 3.8) is 0 Å². The van der Waals surface area contributed by atoms with Crippen molar-refractivity contribution < 1.29 is 22.8 Å². The van der Waals surface area contributed by atoms with Crippen LogP contribution in [0.25, 0.3) is 10.2 Å². The van der Waals surface area contributed by atoms with E-state index in [-0.39, 0.29) is 11.3 Å². The number of thiazole rings is 1. The van der Waals surface area contributed by atoms with Gasteiger partial charge < -0.3 is 9.40 Å². The fourth-order valence-electron chi connectivity index (χ4n) is 2.85. The van der Waals surface area contributed by atoms with Crippen molar-refractivity contribution in [3.05, 3.63) is 52.6 Å². The molecule has 2 aromatic heterocycles. The van der Waals surface area contributed by atoms with Crippen LogP contribution in [0.1, 0.15) is 56.5 Å². The number of benzene rings is 1. The molecule has 1 aromatic carbocycles. The Balaban J connectivity index is 2.10. The summed E-state index contributed by atoms with van der Waals surface area (Å²) in [7, 11) is 0. The van der Waals surface area contributed by atoms with Gasteiger partial charge in [-0.1, -0.05) is 24.7 Å². The molecule has 0 saturated carbocycles. The topological polar surface area (TPSA) is 68.5 Å². The van der Waals surface area contributed by atoms with Crippen LogP contribution in [0.4, 0.5) is 13.2 Å². The monoisotopic (exact) mass is 466 g/mol. The van der Waals surface area contributed by atoms with E-state index < -0.39 is 23.2 Å². The van der Waals surface area contributed by atoms with E-state index in [0.717, 1.165) is 41.3 Å². The molecule has 6 nitrogen and oxygen atoms in total. The van der Waals surface area contributed by atoms with Gasteiger partial charge in [0.1, 0.15) is 0 Å². The number of carbonyl (C=O) groups excluding carboxylic acids is 1. The largest absolute Gasteiger partial charge is 0.416 e. The van der Waals surface area contributed by atoms with Gasteiger partial charge in [-0.15, -0.1) is 0 Å². The summed E-state index contributed by atoms with van der Waals surface area (Å²) in [6.07, 6.45) is 0.523. The van der Waals surface area contributed by atoms with Crippen LogP contribution in [0.3, 0.4) is 0 Å². The number of pyridine rings is 1. The summed E-state index contributed by atoms with van der Waals surface area (Å²) in [6.45, 7) is 8.14. The molecule has 0 unspecified atom stereocenters. The van der Waals surface area contributed by atoms with Crippen LogP contribution in [-0.4, -0.2) is 21.0 Å². The number of aryl methyl sites for hydroxylation is 1. The first-order chi connectivity index (χ1) is 15.0. The van der Waals surface area contributed by atoms with Gasteiger partial charge in [-0.2, -0.15) is 23.6 Å². The molecule has 2 heterocycles. The second-order valence-corrected chi connectivity index (χ2v) is 9.32. The average molecular weight is 467 g/mol. The molecule has 0 bridgehead atoms. The summed E-state index contributed by atoms with van der Waals surface area (Å²) < 4.78 is 42.7. The van der Waals surface area contributed by atoms with Crippen molar-refractivity contribution in [3.8, 4) is 5.75 Å². The number of aromatic nitrogens is 2. The van der Waals surface area contributed by atoms with Crippen molar-refractivity contribution in [1.29, 1.82) is 0 Å². The molecular formula is C22H25F3N4O2S. The van der Waals surface area contributed by atoms with Gasteiger partial charge >= 0.3 is 6.18 Å². The van der Waals surface area contributed by atoms with E-state index in [2.05, 4.69) is 15.5 Å². The second-order valence-electron chi connectivity index (χ2n) is 8.31. The molecular weight excluding hydrogens is 441 g/mol. The number of alkyl halides is 3. The minimum atomic E-state index is -4.60. The highest BCUT2D eigenvalue weighted by atomic mass is 32.1. The SMILES string of the molecule is CCCCn1/c(=N/C(=O)c2cc(C(F)(F)F)ccc2ONC(C)(C)C)sc2ccncc21. The Kier molecular flexibility index (Phi) is 7.04. The molecule has 172 valence electrons. The smallest absolute Gasteiger partial charge is 0.407 e. The van der Waals surface area contributed by atoms with E-state index in [4.69, 9.17) is 4.84 Å². The van der Waals surface area contributed by atoms with Gasteiger partial charge in [0.25, 0.3) is 5.91 Å². The first-order valence-corrected chi connectivity index (χ1v) is 11.0. The molecule has 0 fully saturated rings. The number of nitrogens with one attached hydrogen (secondary N) is 1. The molecule has 0 radical (unpaired) electrons. The number of fused-ring (bicyclic) bond motifs is 1. The number of unbranched alkanes of at least 4 members (excludes halogenated alkanes) is 1. The fraction of sp³-hybridized carbons (Fsp3) is 0.409. The Morgan fingerprint density at radius 1 is 1.25 bits per heavy atom. The van der Waals surface area contributed by atoms with E-state index in [1.165, 1.54) is 11.3 Å². The van der Waals surface area contributed by atoms with Crippen LogP contribution in [0, 0.1) is 0 Å². The Bertz CT molecular complexity index is 1180. The Labute approximate surface area is 187 Å². The lowest BCUT2D eigenvalue weighted by atomic mass is 10.1. The lowest BCUT2D eigenvalue weighted by Crippen LogP contribution is -2.38. The van der Waals surface area contributed by atoms with E-state index in [9.17, 15) is 18.0 Å². The molecule has 3 rings (SSSR count). The van der Waals surface area contributed by atoms with E-state index in [0.29, 0.717) is 11.3 Å². The number of nitrogens with zero attached hydrogens (tertiary/aromatic N) is 3. The highest BCUT2D eigenvalue weighted by molar-refractivity contribution is 7.16. The summed E-state index contributed by atoms with van der Waals surface area (Å²) in [5.74, 6) is -0.837. The summed E-state index contributed by atoms with van der Waals surface area (Å²) in [5, 5.41) is 0. The van der Waals surface area contributed by atoms with Gasteiger partial charge in [0, 0.05) is 18.3 Å². The zero-order chi connectivity index (χ0) is 23.5.